The zero-order valence-electron chi connectivity index (χ0n) is 9.06. The number of rotatable bonds is 7. The lowest BCUT2D eigenvalue weighted by Crippen LogP contribution is -2.45. The van der Waals surface area contributed by atoms with Crippen LogP contribution in [0, 0.1) is 0 Å². The molecule has 84 valence electrons. The molecular weight excluding hydrogens is 200 g/mol. The predicted octanol–water partition coefficient (Wildman–Crippen LogP) is 0.472. The van der Waals surface area contributed by atoms with E-state index in [1.165, 1.54) is 0 Å². The van der Waals surface area contributed by atoms with Gasteiger partial charge in [-0.1, -0.05) is 6.92 Å². The van der Waals surface area contributed by atoms with Gasteiger partial charge in [0.15, 0.2) is 0 Å². The van der Waals surface area contributed by atoms with Crippen LogP contribution in [0.1, 0.15) is 13.3 Å². The number of carboxylic acids is 1. The molecule has 0 rings (SSSR count). The molecule has 0 saturated carbocycles. The average molecular weight is 220 g/mol. The van der Waals surface area contributed by atoms with Crippen LogP contribution in [0.5, 0.6) is 0 Å². The van der Waals surface area contributed by atoms with Gasteiger partial charge < -0.3 is 15.7 Å². The molecule has 0 aliphatic carbocycles. The molecule has 0 aromatic heterocycles. The van der Waals surface area contributed by atoms with Gasteiger partial charge in [-0.3, -0.25) is 4.79 Å². The quantitative estimate of drug-likeness (QED) is 0.653. The normalized spacial score (nSPS) is 15.5. The molecule has 2 atom stereocenters. The second kappa shape index (κ2) is 7.09. The molecule has 0 fully saturated rings. The first-order valence-corrected chi connectivity index (χ1v) is 6.09. The van der Waals surface area contributed by atoms with Gasteiger partial charge in [0.05, 0.1) is 0 Å². The van der Waals surface area contributed by atoms with E-state index in [2.05, 4.69) is 6.92 Å². The van der Waals surface area contributed by atoms with Crippen LogP contribution in [-0.4, -0.2) is 53.7 Å². The second-order valence-electron chi connectivity index (χ2n) is 3.40. The Kier molecular flexibility index (Phi) is 6.96. The van der Waals surface area contributed by atoms with E-state index in [0.717, 1.165) is 12.2 Å². The van der Waals surface area contributed by atoms with Gasteiger partial charge in [0.2, 0.25) is 0 Å². The van der Waals surface area contributed by atoms with Crippen LogP contribution >= 0.6 is 11.8 Å². The van der Waals surface area contributed by atoms with E-state index in [-0.39, 0.29) is 0 Å². The maximum atomic E-state index is 10.5. The number of nitrogens with two attached hydrogens (primary N) is 1. The zero-order valence-corrected chi connectivity index (χ0v) is 9.88. The second-order valence-corrected chi connectivity index (χ2v) is 4.31. The van der Waals surface area contributed by atoms with Crippen molar-refractivity contribution in [2.75, 3.05) is 25.6 Å². The number of carboxylic acid groups (broad SMARTS) is 1. The highest BCUT2D eigenvalue weighted by Gasteiger charge is 2.18. The van der Waals surface area contributed by atoms with E-state index in [0.29, 0.717) is 12.6 Å². The highest BCUT2D eigenvalue weighted by molar-refractivity contribution is 7.98. The van der Waals surface area contributed by atoms with E-state index in [4.69, 9.17) is 10.8 Å². The van der Waals surface area contributed by atoms with Crippen molar-refractivity contribution in [1.29, 1.82) is 0 Å². The standard InChI is InChI=1S/C9H20N2O2S/c1-4-7(6-14-3)11(2)5-8(10)9(12)13/h7-8H,4-6,10H2,1-3H3,(H,12,13). The van der Waals surface area contributed by atoms with Crippen LogP contribution in [0.3, 0.4) is 0 Å². The molecule has 0 spiro atoms. The first-order chi connectivity index (χ1) is 6.52. The number of aliphatic carboxylic acids is 1. The van der Waals surface area contributed by atoms with Crippen molar-refractivity contribution in [1.82, 2.24) is 4.90 Å². The molecule has 2 unspecified atom stereocenters. The third-order valence-corrected chi connectivity index (χ3v) is 2.97. The number of hydrogen-bond acceptors (Lipinski definition) is 4. The Hall–Kier alpha value is -0.260. The molecule has 0 aromatic rings. The zero-order chi connectivity index (χ0) is 11.1. The molecule has 0 saturated heterocycles. The minimum Gasteiger partial charge on any atom is -0.480 e. The Morgan fingerprint density at radius 2 is 2.21 bits per heavy atom. The molecule has 0 bridgehead atoms. The summed E-state index contributed by atoms with van der Waals surface area (Å²) in [7, 11) is 1.92. The molecule has 0 amide bonds. The van der Waals surface area contributed by atoms with E-state index in [1.807, 2.05) is 18.2 Å². The summed E-state index contributed by atoms with van der Waals surface area (Å²) in [6.07, 6.45) is 3.07. The van der Waals surface area contributed by atoms with E-state index >= 15 is 0 Å². The van der Waals surface area contributed by atoms with Gasteiger partial charge in [-0.2, -0.15) is 11.8 Å². The summed E-state index contributed by atoms with van der Waals surface area (Å²) < 4.78 is 0. The van der Waals surface area contributed by atoms with E-state index in [1.54, 1.807) is 11.8 Å². The Labute approximate surface area is 89.8 Å². The molecule has 0 aromatic carbocycles. The maximum Gasteiger partial charge on any atom is 0.321 e. The van der Waals surface area contributed by atoms with Gasteiger partial charge in [-0.15, -0.1) is 0 Å². The van der Waals surface area contributed by atoms with Crippen LogP contribution in [0.4, 0.5) is 0 Å². The number of carbonyl (C=O) groups is 1. The van der Waals surface area contributed by atoms with Gasteiger partial charge >= 0.3 is 5.97 Å². The SMILES string of the molecule is CCC(CSC)N(C)CC(N)C(=O)O. The van der Waals surface area contributed by atoms with Crippen molar-refractivity contribution in [3.63, 3.8) is 0 Å². The fraction of sp³-hybridized carbons (Fsp3) is 0.889. The Balaban J connectivity index is 4.02. The Morgan fingerprint density at radius 1 is 1.64 bits per heavy atom. The molecule has 0 aliphatic heterocycles. The van der Waals surface area contributed by atoms with E-state index in [9.17, 15) is 4.79 Å². The van der Waals surface area contributed by atoms with Crippen LogP contribution in [0.25, 0.3) is 0 Å². The van der Waals surface area contributed by atoms with Crippen molar-refractivity contribution in [2.24, 2.45) is 5.73 Å². The predicted molar refractivity (Wildman–Crippen MR) is 60.7 cm³/mol. The minimum atomic E-state index is -0.934. The van der Waals surface area contributed by atoms with Gasteiger partial charge in [0, 0.05) is 18.3 Å². The number of likely N-dealkylation sites (N-methyl/N-ethyl adjacent to an activating group) is 1. The monoisotopic (exact) mass is 220 g/mol. The Morgan fingerprint density at radius 3 is 2.57 bits per heavy atom. The lowest BCUT2D eigenvalue weighted by Gasteiger charge is -2.27. The molecule has 0 heterocycles. The summed E-state index contributed by atoms with van der Waals surface area (Å²) in [5.74, 6) is 0.0788. The molecule has 0 radical (unpaired) electrons. The topological polar surface area (TPSA) is 66.6 Å². The highest BCUT2D eigenvalue weighted by Crippen LogP contribution is 2.08. The first kappa shape index (κ1) is 13.7. The summed E-state index contributed by atoms with van der Waals surface area (Å²) >= 11 is 1.77. The molecular formula is C9H20N2O2S. The summed E-state index contributed by atoms with van der Waals surface area (Å²) in [6, 6.07) is -0.369. The average Bonchev–Trinajstić information content (AvgIpc) is 2.13. The smallest absolute Gasteiger partial charge is 0.321 e. The van der Waals surface area contributed by atoms with Gasteiger partial charge in [-0.25, -0.2) is 0 Å². The lowest BCUT2D eigenvalue weighted by atomic mass is 10.2. The fourth-order valence-corrected chi connectivity index (χ4v) is 2.16. The molecule has 0 aliphatic rings. The molecule has 4 nitrogen and oxygen atoms in total. The van der Waals surface area contributed by atoms with Crippen molar-refractivity contribution >= 4 is 17.7 Å². The van der Waals surface area contributed by atoms with Gasteiger partial charge in [0.25, 0.3) is 0 Å². The molecule has 5 heteroatoms. The third kappa shape index (κ3) is 4.83. The van der Waals surface area contributed by atoms with Gasteiger partial charge in [0.1, 0.15) is 6.04 Å². The highest BCUT2D eigenvalue weighted by atomic mass is 32.2. The van der Waals surface area contributed by atoms with Gasteiger partial charge in [-0.05, 0) is 19.7 Å². The van der Waals surface area contributed by atoms with Crippen molar-refractivity contribution < 1.29 is 9.90 Å². The van der Waals surface area contributed by atoms with E-state index < -0.39 is 12.0 Å². The fourth-order valence-electron chi connectivity index (χ4n) is 1.29. The van der Waals surface area contributed by atoms with Crippen LogP contribution in [0.2, 0.25) is 0 Å². The number of nitrogens with zero attached hydrogens (tertiary/aromatic N) is 1. The first-order valence-electron chi connectivity index (χ1n) is 4.70. The largest absolute Gasteiger partial charge is 0.480 e. The third-order valence-electron chi connectivity index (χ3n) is 2.26. The molecule has 14 heavy (non-hydrogen) atoms. The van der Waals surface area contributed by atoms with Crippen molar-refractivity contribution in [3.05, 3.63) is 0 Å². The Bertz CT molecular complexity index is 178. The lowest BCUT2D eigenvalue weighted by molar-refractivity contribution is -0.139. The summed E-state index contributed by atoms with van der Waals surface area (Å²) in [6.45, 7) is 2.51. The number of thioether (sulfide) groups is 1. The molecule has 3 N–H and O–H groups in total. The van der Waals surface area contributed by atoms with Crippen LogP contribution in [0.15, 0.2) is 0 Å². The van der Waals surface area contributed by atoms with Crippen molar-refractivity contribution in [3.8, 4) is 0 Å². The summed E-state index contributed by atoms with van der Waals surface area (Å²) in [5, 5.41) is 8.66. The summed E-state index contributed by atoms with van der Waals surface area (Å²) in [5.41, 5.74) is 5.46. The van der Waals surface area contributed by atoms with Crippen molar-refractivity contribution in [2.45, 2.75) is 25.4 Å². The van der Waals surface area contributed by atoms with Crippen LogP contribution in [-0.2, 0) is 4.79 Å². The summed E-state index contributed by atoms with van der Waals surface area (Å²) in [4.78, 5) is 12.6. The maximum absolute atomic E-state index is 10.5. The number of hydrogen-bond donors (Lipinski definition) is 2. The van der Waals surface area contributed by atoms with Crippen LogP contribution < -0.4 is 5.73 Å². The minimum absolute atomic E-state index is 0.411.